The predicted molar refractivity (Wildman–Crippen MR) is 65.6 cm³/mol. The minimum atomic E-state index is -0.718. The Balaban J connectivity index is 2.16. The Morgan fingerprint density at radius 2 is 2.32 bits per heavy atom. The molecule has 0 amide bonds. The van der Waals surface area contributed by atoms with Crippen LogP contribution in [-0.2, 0) is 6.54 Å². The molecule has 0 aliphatic carbocycles. The van der Waals surface area contributed by atoms with Crippen LogP contribution in [0.4, 0.5) is 21.5 Å². The third kappa shape index (κ3) is 3.05. The number of aromatic nitrogens is 2. The average molecular weight is 266 g/mol. The zero-order chi connectivity index (χ0) is 13.8. The molecule has 7 nitrogen and oxygen atoms in total. The topological polar surface area (TPSA) is 93.2 Å². The highest BCUT2D eigenvalue weighted by Gasteiger charge is 2.11. The van der Waals surface area contributed by atoms with Gasteiger partial charge in [-0.3, -0.25) is 14.8 Å². The van der Waals surface area contributed by atoms with Crippen molar-refractivity contribution in [2.75, 3.05) is 11.9 Å². The number of hydrogen-bond donors (Lipinski definition) is 2. The molecule has 0 radical (unpaired) electrons. The van der Waals surface area contributed by atoms with Gasteiger partial charge in [-0.2, -0.15) is 5.10 Å². The van der Waals surface area contributed by atoms with Crippen LogP contribution in [0.2, 0.25) is 0 Å². The summed E-state index contributed by atoms with van der Waals surface area (Å²) in [6.07, 6.45) is 3.06. The fourth-order valence-electron chi connectivity index (χ4n) is 1.53. The van der Waals surface area contributed by atoms with Crippen LogP contribution in [0, 0.1) is 15.9 Å². The Morgan fingerprint density at radius 1 is 1.53 bits per heavy atom. The van der Waals surface area contributed by atoms with E-state index in [9.17, 15) is 14.5 Å². The molecule has 2 N–H and O–H groups in total. The number of rotatable bonds is 5. The molecule has 100 valence electrons. The van der Waals surface area contributed by atoms with Crippen LogP contribution in [0.25, 0.3) is 0 Å². The van der Waals surface area contributed by atoms with Gasteiger partial charge in [0.05, 0.1) is 41.7 Å². The maximum atomic E-state index is 13.6. The molecule has 0 aliphatic rings. The highest BCUT2D eigenvalue weighted by Crippen LogP contribution is 2.23. The van der Waals surface area contributed by atoms with E-state index in [-0.39, 0.29) is 18.0 Å². The van der Waals surface area contributed by atoms with E-state index in [2.05, 4.69) is 10.4 Å². The van der Waals surface area contributed by atoms with Crippen molar-refractivity contribution in [3.63, 3.8) is 0 Å². The second-order valence-electron chi connectivity index (χ2n) is 3.76. The summed E-state index contributed by atoms with van der Waals surface area (Å²) in [5.41, 5.74) is 0.342. The van der Waals surface area contributed by atoms with Gasteiger partial charge in [0, 0.05) is 12.3 Å². The van der Waals surface area contributed by atoms with Gasteiger partial charge in [0.1, 0.15) is 0 Å². The summed E-state index contributed by atoms with van der Waals surface area (Å²) in [4.78, 5) is 9.82. The summed E-state index contributed by atoms with van der Waals surface area (Å²) in [5, 5.41) is 25.9. The molecule has 2 aromatic rings. The van der Waals surface area contributed by atoms with Crippen LogP contribution < -0.4 is 5.32 Å². The molecule has 0 saturated carbocycles. The molecule has 0 aliphatic heterocycles. The lowest BCUT2D eigenvalue weighted by molar-refractivity contribution is -0.385. The molecule has 1 aromatic heterocycles. The standard InChI is InChI=1S/C11H11FN4O3/c12-10-5-9(16(18)19)1-2-11(10)14-8-6-13-15(7-8)3-4-17/h1-2,5-7,14,17H,3-4H2. The Kier molecular flexibility index (Phi) is 3.71. The number of nitrogens with one attached hydrogen (secondary N) is 1. The van der Waals surface area contributed by atoms with Gasteiger partial charge in [-0.25, -0.2) is 4.39 Å². The van der Waals surface area contributed by atoms with Crippen LogP contribution in [0.5, 0.6) is 0 Å². The molecule has 0 bridgehead atoms. The van der Waals surface area contributed by atoms with E-state index in [1.165, 1.54) is 23.0 Å². The zero-order valence-corrected chi connectivity index (χ0v) is 9.78. The molecular weight excluding hydrogens is 255 g/mol. The van der Waals surface area contributed by atoms with Crippen molar-refractivity contribution < 1.29 is 14.4 Å². The van der Waals surface area contributed by atoms with Crippen molar-refractivity contribution >= 4 is 17.1 Å². The summed E-state index contributed by atoms with van der Waals surface area (Å²) >= 11 is 0. The van der Waals surface area contributed by atoms with Gasteiger partial charge < -0.3 is 10.4 Å². The van der Waals surface area contributed by atoms with Gasteiger partial charge in [-0.1, -0.05) is 0 Å². The third-order valence-electron chi connectivity index (χ3n) is 2.40. The Hall–Kier alpha value is -2.48. The number of halogens is 1. The average Bonchev–Trinajstić information content (AvgIpc) is 2.79. The molecule has 2 rings (SSSR count). The second-order valence-corrected chi connectivity index (χ2v) is 3.76. The number of hydrogen-bond acceptors (Lipinski definition) is 5. The zero-order valence-electron chi connectivity index (χ0n) is 9.78. The highest BCUT2D eigenvalue weighted by molar-refractivity contribution is 5.60. The monoisotopic (exact) mass is 266 g/mol. The van der Waals surface area contributed by atoms with Gasteiger partial charge in [0.15, 0.2) is 5.82 Å². The van der Waals surface area contributed by atoms with Gasteiger partial charge in [-0.15, -0.1) is 0 Å². The number of nitro benzene ring substituents is 1. The SMILES string of the molecule is O=[N+]([O-])c1ccc(Nc2cnn(CCO)c2)c(F)c1. The van der Waals surface area contributed by atoms with Crippen LogP contribution in [-0.4, -0.2) is 26.4 Å². The number of benzene rings is 1. The van der Waals surface area contributed by atoms with Crippen LogP contribution in [0.3, 0.4) is 0 Å². The van der Waals surface area contributed by atoms with Crippen molar-refractivity contribution in [1.82, 2.24) is 9.78 Å². The molecule has 0 unspecified atom stereocenters. The van der Waals surface area contributed by atoms with E-state index < -0.39 is 10.7 Å². The number of anilines is 2. The molecular formula is C11H11FN4O3. The van der Waals surface area contributed by atoms with Gasteiger partial charge in [0.25, 0.3) is 5.69 Å². The summed E-state index contributed by atoms with van der Waals surface area (Å²) in [6.45, 7) is 0.289. The summed E-state index contributed by atoms with van der Waals surface area (Å²) < 4.78 is 15.1. The van der Waals surface area contributed by atoms with Crippen molar-refractivity contribution in [3.05, 3.63) is 46.5 Å². The lowest BCUT2D eigenvalue weighted by Crippen LogP contribution is -2.01. The maximum absolute atomic E-state index is 13.6. The Morgan fingerprint density at radius 3 is 2.95 bits per heavy atom. The summed E-state index contributed by atoms with van der Waals surface area (Å²) in [6, 6.07) is 3.35. The minimum absolute atomic E-state index is 0.0486. The first kappa shape index (κ1) is 13.0. The normalized spacial score (nSPS) is 10.4. The quantitative estimate of drug-likeness (QED) is 0.634. The lowest BCUT2D eigenvalue weighted by atomic mass is 10.2. The summed E-state index contributed by atoms with van der Waals surface area (Å²) in [7, 11) is 0. The van der Waals surface area contributed by atoms with E-state index in [0.29, 0.717) is 12.2 Å². The van der Waals surface area contributed by atoms with Crippen LogP contribution in [0.15, 0.2) is 30.6 Å². The van der Waals surface area contributed by atoms with Crippen LogP contribution in [0.1, 0.15) is 0 Å². The first-order chi connectivity index (χ1) is 9.10. The predicted octanol–water partition coefficient (Wildman–Crippen LogP) is 1.67. The van der Waals surface area contributed by atoms with Gasteiger partial charge in [-0.05, 0) is 6.07 Å². The largest absolute Gasteiger partial charge is 0.394 e. The molecule has 0 saturated heterocycles. The number of aliphatic hydroxyl groups excluding tert-OH is 1. The van der Waals surface area contributed by atoms with Gasteiger partial charge in [0.2, 0.25) is 0 Å². The number of aliphatic hydroxyl groups is 1. The van der Waals surface area contributed by atoms with E-state index in [4.69, 9.17) is 5.11 Å². The molecule has 1 heterocycles. The smallest absolute Gasteiger partial charge is 0.272 e. The van der Waals surface area contributed by atoms with E-state index in [0.717, 1.165) is 6.07 Å². The Labute approximate surface area is 107 Å². The third-order valence-corrected chi connectivity index (χ3v) is 2.40. The number of nitrogens with zero attached hydrogens (tertiary/aromatic N) is 3. The van der Waals surface area contributed by atoms with E-state index in [1.54, 1.807) is 6.20 Å². The first-order valence-corrected chi connectivity index (χ1v) is 5.44. The first-order valence-electron chi connectivity index (χ1n) is 5.44. The number of nitro groups is 1. The number of non-ortho nitro benzene ring substituents is 1. The second kappa shape index (κ2) is 5.44. The van der Waals surface area contributed by atoms with Gasteiger partial charge >= 0.3 is 0 Å². The maximum Gasteiger partial charge on any atom is 0.272 e. The molecule has 0 spiro atoms. The lowest BCUT2D eigenvalue weighted by Gasteiger charge is -2.04. The van der Waals surface area contributed by atoms with Crippen molar-refractivity contribution in [1.29, 1.82) is 0 Å². The fraction of sp³-hybridized carbons (Fsp3) is 0.182. The molecule has 0 atom stereocenters. The van der Waals surface area contributed by atoms with Crippen molar-refractivity contribution in [2.24, 2.45) is 0 Å². The minimum Gasteiger partial charge on any atom is -0.394 e. The highest BCUT2D eigenvalue weighted by atomic mass is 19.1. The summed E-state index contributed by atoms with van der Waals surface area (Å²) in [5.74, 6) is -0.718. The van der Waals surface area contributed by atoms with E-state index in [1.807, 2.05) is 0 Å². The Bertz CT molecular complexity index is 599. The fourth-order valence-corrected chi connectivity index (χ4v) is 1.53. The van der Waals surface area contributed by atoms with Crippen molar-refractivity contribution in [3.8, 4) is 0 Å². The van der Waals surface area contributed by atoms with Crippen LogP contribution >= 0.6 is 0 Å². The molecule has 8 heteroatoms. The molecule has 0 fully saturated rings. The van der Waals surface area contributed by atoms with E-state index >= 15 is 0 Å². The molecule has 19 heavy (non-hydrogen) atoms. The molecule has 1 aromatic carbocycles. The van der Waals surface area contributed by atoms with Crippen molar-refractivity contribution in [2.45, 2.75) is 6.54 Å².